The molecule has 0 aliphatic rings. The number of rotatable bonds is 11. The van der Waals surface area contributed by atoms with E-state index in [-0.39, 0.29) is 11.5 Å². The molecule has 0 amide bonds. The highest BCUT2D eigenvalue weighted by Gasteiger charge is 2.16. The van der Waals surface area contributed by atoms with Gasteiger partial charge < -0.3 is 24.0 Å². The van der Waals surface area contributed by atoms with Gasteiger partial charge in [-0.2, -0.15) is 0 Å². The van der Waals surface area contributed by atoms with Crippen molar-refractivity contribution in [3.63, 3.8) is 0 Å². The molecule has 37 heavy (non-hydrogen) atoms. The maximum Gasteiger partial charge on any atom is 0.269 e. The molecule has 0 radical (unpaired) electrons. The third-order valence-electron chi connectivity index (χ3n) is 6.07. The molecule has 3 rings (SSSR count). The van der Waals surface area contributed by atoms with Crippen LogP contribution in [0.25, 0.3) is 0 Å². The van der Waals surface area contributed by atoms with Gasteiger partial charge in [0.25, 0.3) is 5.17 Å². The van der Waals surface area contributed by atoms with Crippen molar-refractivity contribution in [3.05, 3.63) is 84.4 Å². The van der Waals surface area contributed by atoms with Crippen LogP contribution < -0.4 is 19.3 Å². The Morgan fingerprint density at radius 1 is 0.865 bits per heavy atom. The fraction of sp³-hybridized carbons (Fsp3) is 0.387. The first-order valence-corrected chi connectivity index (χ1v) is 13.2. The molecule has 0 aliphatic carbocycles. The second-order valence-corrected chi connectivity index (χ2v) is 10.6. The minimum Gasteiger partial charge on any atom is -0.491 e. The number of para-hydroxylation sites is 1. The first-order valence-electron chi connectivity index (χ1n) is 12.8. The van der Waals surface area contributed by atoms with Gasteiger partial charge in [-0.3, -0.25) is 0 Å². The average molecular weight is 521 g/mol. The van der Waals surface area contributed by atoms with Gasteiger partial charge in [-0.25, -0.2) is 0 Å². The molecule has 0 N–H and O–H groups in total. The van der Waals surface area contributed by atoms with Crippen LogP contribution in [0.2, 0.25) is 0 Å². The molecular formula is C31H40N2O3S. The van der Waals surface area contributed by atoms with Gasteiger partial charge in [0.2, 0.25) is 0 Å². The van der Waals surface area contributed by atoms with Crippen molar-refractivity contribution in [1.29, 1.82) is 0 Å². The van der Waals surface area contributed by atoms with Gasteiger partial charge in [0.05, 0.1) is 0 Å². The maximum atomic E-state index is 6.17. The van der Waals surface area contributed by atoms with Crippen LogP contribution >= 0.6 is 12.2 Å². The summed E-state index contributed by atoms with van der Waals surface area (Å²) in [6, 6.07) is 26.3. The molecule has 0 heterocycles. The summed E-state index contributed by atoms with van der Waals surface area (Å²) in [7, 11) is 3.97. The highest BCUT2D eigenvalue weighted by Crippen LogP contribution is 2.26. The number of hydrogen-bond donors (Lipinski definition) is 0. The van der Waals surface area contributed by atoms with Gasteiger partial charge in [0.15, 0.2) is 0 Å². The molecule has 0 spiro atoms. The molecule has 1 atom stereocenters. The fourth-order valence-electron chi connectivity index (χ4n) is 3.80. The summed E-state index contributed by atoms with van der Waals surface area (Å²) in [6.45, 7) is 10.6. The van der Waals surface area contributed by atoms with E-state index in [1.165, 1.54) is 5.56 Å². The lowest BCUT2D eigenvalue weighted by Gasteiger charge is -2.26. The van der Waals surface area contributed by atoms with E-state index in [4.69, 9.17) is 26.4 Å². The number of benzene rings is 3. The van der Waals surface area contributed by atoms with Crippen LogP contribution in [0.15, 0.2) is 78.9 Å². The summed E-state index contributed by atoms with van der Waals surface area (Å²) in [5, 5.41) is 0.370. The van der Waals surface area contributed by atoms with Crippen molar-refractivity contribution in [1.82, 2.24) is 0 Å². The zero-order valence-corrected chi connectivity index (χ0v) is 23.8. The number of nitrogens with zero attached hydrogens (tertiary/aromatic N) is 2. The van der Waals surface area contributed by atoms with Crippen LogP contribution in [0.1, 0.15) is 39.7 Å². The molecule has 1 unspecified atom stereocenters. The lowest BCUT2D eigenvalue weighted by Crippen LogP contribution is -2.35. The summed E-state index contributed by atoms with van der Waals surface area (Å²) >= 11 is 5.58. The molecule has 198 valence electrons. The molecule has 0 bridgehead atoms. The molecule has 0 saturated carbocycles. The predicted molar refractivity (Wildman–Crippen MR) is 158 cm³/mol. The van der Waals surface area contributed by atoms with Crippen LogP contribution in [-0.4, -0.2) is 45.1 Å². The molecule has 5 nitrogen and oxygen atoms in total. The van der Waals surface area contributed by atoms with E-state index >= 15 is 0 Å². The Morgan fingerprint density at radius 3 is 2.19 bits per heavy atom. The van der Waals surface area contributed by atoms with E-state index in [9.17, 15) is 0 Å². The van der Waals surface area contributed by atoms with Gasteiger partial charge in [0.1, 0.15) is 24.2 Å². The summed E-state index contributed by atoms with van der Waals surface area (Å²) in [6.07, 6.45) is 0.898. The number of thiocarbonyl (C=S) groups is 1. The molecule has 0 fully saturated rings. The van der Waals surface area contributed by atoms with Crippen LogP contribution in [0, 0.1) is 0 Å². The van der Waals surface area contributed by atoms with E-state index in [1.807, 2.05) is 66.5 Å². The minimum atomic E-state index is -0.0629. The minimum absolute atomic E-state index is 0.0629. The zero-order chi connectivity index (χ0) is 26.8. The first kappa shape index (κ1) is 28.5. The van der Waals surface area contributed by atoms with Gasteiger partial charge >= 0.3 is 0 Å². The van der Waals surface area contributed by atoms with E-state index in [0.717, 1.165) is 35.8 Å². The Morgan fingerprint density at radius 2 is 1.54 bits per heavy atom. The third-order valence-corrected chi connectivity index (χ3v) is 6.43. The molecule has 3 aromatic rings. The van der Waals surface area contributed by atoms with Crippen LogP contribution in [0.5, 0.6) is 11.5 Å². The predicted octanol–water partition coefficient (Wildman–Crippen LogP) is 7.09. The van der Waals surface area contributed by atoms with Gasteiger partial charge in [0, 0.05) is 44.7 Å². The second kappa shape index (κ2) is 13.5. The standard InChI is InChI=1S/C31H40N2O3S/c1-7-20-34-29(22-32(5)25-12-9-8-10-13-25)23-35-28-15-11-14-26(21-28)33(6)30(37)36-27-18-16-24(17-19-27)31(2,3)4/h8-19,21,29H,7,20,22-23H2,1-6H3. The van der Waals surface area contributed by atoms with Crippen molar-refractivity contribution in [2.24, 2.45) is 0 Å². The van der Waals surface area contributed by atoms with Crippen molar-refractivity contribution in [2.75, 3.05) is 43.7 Å². The van der Waals surface area contributed by atoms with Gasteiger partial charge in [-0.05, 0) is 66.0 Å². The second-order valence-electron chi connectivity index (χ2n) is 10.2. The van der Waals surface area contributed by atoms with E-state index < -0.39 is 0 Å². The zero-order valence-electron chi connectivity index (χ0n) is 22.9. The smallest absolute Gasteiger partial charge is 0.269 e. The lowest BCUT2D eigenvalue weighted by molar-refractivity contribution is 0.0258. The number of likely N-dealkylation sites (N-methyl/N-ethyl adjacent to an activating group) is 1. The van der Waals surface area contributed by atoms with Crippen molar-refractivity contribution >= 4 is 28.8 Å². The average Bonchev–Trinajstić information content (AvgIpc) is 2.90. The lowest BCUT2D eigenvalue weighted by atomic mass is 9.87. The normalized spacial score (nSPS) is 12.1. The Kier molecular flexibility index (Phi) is 10.4. The maximum absolute atomic E-state index is 6.17. The van der Waals surface area contributed by atoms with Crippen LogP contribution in [0.3, 0.4) is 0 Å². The van der Waals surface area contributed by atoms with Crippen molar-refractivity contribution in [3.8, 4) is 11.5 Å². The van der Waals surface area contributed by atoms with Crippen molar-refractivity contribution < 1.29 is 14.2 Å². The Hall–Kier alpha value is -3.09. The number of hydrogen-bond acceptors (Lipinski definition) is 5. The van der Waals surface area contributed by atoms with Crippen molar-refractivity contribution in [2.45, 2.75) is 45.6 Å². The van der Waals surface area contributed by atoms with Gasteiger partial charge in [-0.15, -0.1) is 0 Å². The topological polar surface area (TPSA) is 34.2 Å². The first-order chi connectivity index (χ1) is 17.7. The quantitative estimate of drug-likeness (QED) is 0.251. The molecule has 0 aromatic heterocycles. The summed E-state index contributed by atoms with van der Waals surface area (Å²) < 4.78 is 18.2. The van der Waals surface area contributed by atoms with Crippen LogP contribution in [-0.2, 0) is 10.2 Å². The Balaban J connectivity index is 1.60. The summed E-state index contributed by atoms with van der Waals surface area (Å²) in [5.41, 5.74) is 3.38. The Labute approximate surface area is 228 Å². The van der Waals surface area contributed by atoms with E-state index in [0.29, 0.717) is 18.4 Å². The summed E-state index contributed by atoms with van der Waals surface area (Å²) in [5.74, 6) is 1.48. The molecule has 6 heteroatoms. The Bertz CT molecular complexity index is 1110. The highest BCUT2D eigenvalue weighted by molar-refractivity contribution is 7.80. The molecular weight excluding hydrogens is 480 g/mol. The fourth-order valence-corrected chi connectivity index (χ4v) is 4.00. The number of anilines is 2. The third kappa shape index (κ3) is 8.76. The summed E-state index contributed by atoms with van der Waals surface area (Å²) in [4.78, 5) is 4.03. The van der Waals surface area contributed by atoms with Gasteiger partial charge in [-0.1, -0.05) is 64.1 Å². The van der Waals surface area contributed by atoms with E-state index in [2.05, 4.69) is 63.9 Å². The highest BCUT2D eigenvalue weighted by atomic mass is 32.1. The largest absolute Gasteiger partial charge is 0.491 e. The molecule has 3 aromatic carbocycles. The SMILES string of the molecule is CCCOC(COc1cccc(N(C)C(=S)Oc2ccc(C(C)(C)C)cc2)c1)CN(C)c1ccccc1. The molecule has 0 aliphatic heterocycles. The number of ether oxygens (including phenoxy) is 3. The van der Waals surface area contributed by atoms with E-state index in [1.54, 1.807) is 0 Å². The monoisotopic (exact) mass is 520 g/mol. The van der Waals surface area contributed by atoms with Crippen LogP contribution in [0.4, 0.5) is 11.4 Å². The molecule has 0 saturated heterocycles.